The van der Waals surface area contributed by atoms with Crippen molar-refractivity contribution in [2.24, 2.45) is 0 Å². The third-order valence-electron chi connectivity index (χ3n) is 12.5. The smallest absolute Gasteiger partial charge is 0.338 e. The van der Waals surface area contributed by atoms with Gasteiger partial charge in [0.25, 0.3) is 5.79 Å². The van der Waals surface area contributed by atoms with E-state index in [0.29, 0.717) is 0 Å². The molecule has 6 aromatic carbocycles. The van der Waals surface area contributed by atoms with Crippen molar-refractivity contribution in [2.75, 3.05) is 20.3 Å². The molecule has 3 aliphatic rings. The number of rotatable bonds is 19. The van der Waals surface area contributed by atoms with Crippen LogP contribution in [-0.2, 0) is 78.3 Å². The topological polar surface area (TPSA) is 159 Å². The SMILES string of the molecule is CO[C@H]1O[C@H](COCc2ccccc2)[C@@H](O[C@@H]2O[C@@H]3CO[C@](C#N)(Cc4ccccc4I)O[C@@H]3[C@H](OC(=O)c3ccccc3)[C@H]2OC(=O)c2ccccc2)[C@H](OCc2ccccc2)[C@H]1OCc1ccccc1. The first-order valence-corrected chi connectivity index (χ1v) is 24.8. The van der Waals surface area contributed by atoms with E-state index in [0.717, 1.165) is 25.8 Å². The van der Waals surface area contributed by atoms with Crippen molar-refractivity contribution in [3.05, 3.63) is 213 Å². The highest BCUT2D eigenvalue weighted by atomic mass is 127. The third-order valence-corrected chi connectivity index (χ3v) is 13.6. The molecule has 15 heteroatoms. The summed E-state index contributed by atoms with van der Waals surface area (Å²) in [5, 5.41) is 10.9. The Morgan fingerprint density at radius 2 is 1.12 bits per heavy atom. The van der Waals surface area contributed by atoms with E-state index in [9.17, 15) is 14.9 Å². The Balaban J connectivity index is 1.12. The lowest BCUT2D eigenvalue weighted by atomic mass is 9.94. The highest BCUT2D eigenvalue weighted by molar-refractivity contribution is 14.1. The van der Waals surface area contributed by atoms with Crippen molar-refractivity contribution >= 4 is 34.5 Å². The maximum atomic E-state index is 14.4. The average Bonchev–Trinajstić information content (AvgIpc) is 3.43. The molecule has 0 aliphatic carbocycles. The minimum atomic E-state index is -1.86. The maximum Gasteiger partial charge on any atom is 0.338 e. The van der Waals surface area contributed by atoms with Gasteiger partial charge < -0.3 is 52.1 Å². The summed E-state index contributed by atoms with van der Waals surface area (Å²) < 4.78 is 73.6. The minimum Gasteiger partial charge on any atom is -0.452 e. The molecule has 0 aromatic heterocycles. The Kier molecular flexibility index (Phi) is 17.5. The Morgan fingerprint density at radius 3 is 1.68 bits per heavy atom. The van der Waals surface area contributed by atoms with Crippen LogP contribution >= 0.6 is 22.6 Å². The fourth-order valence-corrected chi connectivity index (χ4v) is 9.48. The zero-order chi connectivity index (χ0) is 49.7. The molecule has 0 N–H and O–H groups in total. The molecular formula is C57H54INO13. The first kappa shape index (κ1) is 51.0. The van der Waals surface area contributed by atoms with E-state index in [2.05, 4.69) is 28.7 Å². The molecule has 3 saturated heterocycles. The largest absolute Gasteiger partial charge is 0.452 e. The van der Waals surface area contributed by atoms with E-state index in [1.807, 2.05) is 115 Å². The molecule has 0 saturated carbocycles. The van der Waals surface area contributed by atoms with Crippen molar-refractivity contribution in [1.82, 2.24) is 0 Å². The summed E-state index contributed by atoms with van der Waals surface area (Å²) in [5.74, 6) is -3.37. The van der Waals surface area contributed by atoms with Gasteiger partial charge in [0, 0.05) is 17.1 Å². The van der Waals surface area contributed by atoms with E-state index >= 15 is 0 Å². The molecule has 0 radical (unpaired) electrons. The molecule has 0 spiro atoms. The first-order chi connectivity index (χ1) is 35.3. The highest BCUT2D eigenvalue weighted by Crippen LogP contribution is 2.40. The zero-order valence-electron chi connectivity index (χ0n) is 39.4. The van der Waals surface area contributed by atoms with E-state index < -0.39 is 79.1 Å². The molecule has 14 nitrogen and oxygen atoms in total. The minimum absolute atomic E-state index is 0.0229. The zero-order valence-corrected chi connectivity index (χ0v) is 41.5. The molecule has 372 valence electrons. The lowest BCUT2D eigenvalue weighted by molar-refractivity contribution is -0.396. The number of carbonyl (C=O) groups excluding carboxylic acids is 2. The average molecular weight is 1090 g/mol. The molecule has 72 heavy (non-hydrogen) atoms. The lowest BCUT2D eigenvalue weighted by Gasteiger charge is -2.52. The van der Waals surface area contributed by atoms with Gasteiger partial charge >= 0.3 is 11.9 Å². The van der Waals surface area contributed by atoms with Crippen LogP contribution in [0, 0.1) is 14.9 Å². The molecular weight excluding hydrogens is 1030 g/mol. The summed E-state index contributed by atoms with van der Waals surface area (Å²) in [6, 6.07) is 55.6. The molecule has 6 aromatic rings. The summed E-state index contributed by atoms with van der Waals surface area (Å²) in [5.41, 5.74) is 3.92. The second-order valence-electron chi connectivity index (χ2n) is 17.4. The van der Waals surface area contributed by atoms with E-state index in [1.165, 1.54) is 7.11 Å². The van der Waals surface area contributed by atoms with Gasteiger partial charge in [0.15, 0.2) is 24.8 Å². The number of halogens is 1. The third kappa shape index (κ3) is 12.6. The van der Waals surface area contributed by atoms with Gasteiger partial charge in [-0.15, -0.1) is 0 Å². The van der Waals surface area contributed by atoms with Gasteiger partial charge in [-0.2, -0.15) is 5.26 Å². The number of fused-ring (bicyclic) bond motifs is 1. The van der Waals surface area contributed by atoms with Crippen LogP contribution in [0.2, 0.25) is 0 Å². The Labute approximate surface area is 432 Å². The van der Waals surface area contributed by atoms with Crippen molar-refractivity contribution in [2.45, 2.75) is 93.4 Å². The van der Waals surface area contributed by atoms with Crippen LogP contribution in [0.3, 0.4) is 0 Å². The van der Waals surface area contributed by atoms with E-state index in [4.69, 9.17) is 52.1 Å². The number of nitrogens with zero attached hydrogens (tertiary/aromatic N) is 1. The van der Waals surface area contributed by atoms with Crippen molar-refractivity contribution in [1.29, 1.82) is 5.26 Å². The number of methoxy groups -OCH3 is 1. The van der Waals surface area contributed by atoms with Gasteiger partial charge in [-0.05, 0) is 75.2 Å². The van der Waals surface area contributed by atoms with Gasteiger partial charge in [-0.1, -0.05) is 146 Å². The molecule has 0 unspecified atom stereocenters. The van der Waals surface area contributed by atoms with Crippen LogP contribution in [0.5, 0.6) is 0 Å². The predicted molar refractivity (Wildman–Crippen MR) is 269 cm³/mol. The second kappa shape index (κ2) is 24.7. The van der Waals surface area contributed by atoms with Gasteiger partial charge in [-0.3, -0.25) is 0 Å². The fourth-order valence-electron chi connectivity index (χ4n) is 8.90. The van der Waals surface area contributed by atoms with Crippen LogP contribution in [0.25, 0.3) is 0 Å². The quantitative estimate of drug-likeness (QED) is 0.0560. The molecule has 11 atom stereocenters. The van der Waals surface area contributed by atoms with Crippen LogP contribution < -0.4 is 0 Å². The molecule has 3 fully saturated rings. The molecule has 0 amide bonds. The second-order valence-corrected chi connectivity index (χ2v) is 18.6. The number of benzene rings is 6. The first-order valence-electron chi connectivity index (χ1n) is 23.7. The number of carbonyl (C=O) groups is 2. The number of nitriles is 1. The van der Waals surface area contributed by atoms with Crippen molar-refractivity contribution < 1.29 is 61.7 Å². The normalized spacial score (nSPS) is 26.9. The Bertz CT molecular complexity index is 2700. The molecule has 9 rings (SSSR count). The summed E-state index contributed by atoms with van der Waals surface area (Å²) in [4.78, 5) is 28.7. The molecule has 0 bridgehead atoms. The highest BCUT2D eigenvalue weighted by Gasteiger charge is 2.59. The monoisotopic (exact) mass is 1090 g/mol. The van der Waals surface area contributed by atoms with Gasteiger partial charge in [0.05, 0.1) is 44.2 Å². The number of esters is 2. The van der Waals surface area contributed by atoms with Crippen molar-refractivity contribution in [3.8, 4) is 6.07 Å². The number of ether oxygens (including phenoxy) is 11. The van der Waals surface area contributed by atoms with Crippen LogP contribution in [-0.4, -0.2) is 99.5 Å². The Morgan fingerprint density at radius 1 is 0.611 bits per heavy atom. The number of hydrogen-bond acceptors (Lipinski definition) is 14. The summed E-state index contributed by atoms with van der Waals surface area (Å²) in [7, 11) is 1.53. The van der Waals surface area contributed by atoms with Crippen LogP contribution in [0.15, 0.2) is 176 Å². The van der Waals surface area contributed by atoms with Crippen LogP contribution in [0.1, 0.15) is 43.0 Å². The van der Waals surface area contributed by atoms with Gasteiger partial charge in [0.2, 0.25) is 0 Å². The lowest BCUT2D eigenvalue weighted by Crippen LogP contribution is -2.69. The predicted octanol–water partition coefficient (Wildman–Crippen LogP) is 8.79. The van der Waals surface area contributed by atoms with Gasteiger partial charge in [0.1, 0.15) is 42.7 Å². The maximum absolute atomic E-state index is 14.4. The van der Waals surface area contributed by atoms with E-state index in [-0.39, 0.29) is 50.6 Å². The number of hydrogen-bond donors (Lipinski definition) is 0. The molecule has 3 aliphatic heterocycles. The summed E-state index contributed by atoms with van der Waals surface area (Å²) in [6.45, 7) is 0.309. The fraction of sp³-hybridized carbons (Fsp3) is 0.316. The standard InChI is InChI=1S/C57H54INO13/c1-62-55-51(65-34-40-23-11-4-12-24-40)49(64-33-39-21-9-3-10-22-39)47(45(67-55)35-63-32-38-19-7-2-8-20-38)71-56-52(70-54(61)42-27-15-6-16-28-42)50(69-53(60)41-25-13-5-14-26-41)48-46(68-56)36-66-57(37-59,72-48)31-43-29-17-18-30-44(43)58/h2-30,45-52,55-56H,31-36H2,1H3/t45-,46-,47-,48+,49+,50+,51-,52-,55+,56+,57-/m1/s1. The Hall–Kier alpha value is -5.88. The summed E-state index contributed by atoms with van der Waals surface area (Å²) >= 11 is 2.20. The van der Waals surface area contributed by atoms with Crippen LogP contribution in [0.4, 0.5) is 0 Å². The van der Waals surface area contributed by atoms with Gasteiger partial charge in [-0.25, -0.2) is 9.59 Å². The van der Waals surface area contributed by atoms with E-state index in [1.54, 1.807) is 60.7 Å². The van der Waals surface area contributed by atoms with Crippen molar-refractivity contribution in [3.63, 3.8) is 0 Å². The molecule has 3 heterocycles. The summed E-state index contributed by atoms with van der Waals surface area (Å²) in [6.07, 6.45) is -11.6.